The Labute approximate surface area is 187 Å². The van der Waals surface area contributed by atoms with E-state index in [0.717, 1.165) is 5.56 Å². The maximum atomic E-state index is 12.5. The minimum absolute atomic E-state index is 0.00379. The van der Waals surface area contributed by atoms with Gasteiger partial charge in [-0.1, -0.05) is 12.1 Å². The molecule has 0 spiro atoms. The average Bonchev–Trinajstić information content (AvgIpc) is 3.14. The molecule has 0 aliphatic carbocycles. The van der Waals surface area contributed by atoms with Crippen LogP contribution in [0.2, 0.25) is 0 Å². The second-order valence-electron chi connectivity index (χ2n) is 7.98. The van der Waals surface area contributed by atoms with E-state index in [2.05, 4.69) is 10.6 Å². The van der Waals surface area contributed by atoms with Crippen molar-refractivity contribution in [1.82, 2.24) is 10.2 Å². The number of carbonyl (C=O) groups excluding carboxylic acids is 3. The first-order valence-corrected chi connectivity index (χ1v) is 11.7. The molecule has 0 radical (unpaired) electrons. The third-order valence-electron chi connectivity index (χ3n) is 5.27. The first kappa shape index (κ1) is 23.4. The number of carbonyl (C=O) groups is 3. The molecule has 2 aromatic rings. The number of sulfonamides is 1. The molecule has 4 N–H and O–H groups in total. The average molecular weight is 459 g/mol. The predicted octanol–water partition coefficient (Wildman–Crippen LogP) is 1.46. The standard InChI is InChI=1S/C22H26N4O5S/c1-14(2)26-13-17(11-20(26)27)22(29)25-18-7-5-16(6-8-18)21(28)24-12-15-3-9-19(10-4-15)32(23,30)31/h3-10,14,17H,11-13H2,1-2H3,(H,24,28)(H,25,29)(H2,23,30,31). The van der Waals surface area contributed by atoms with Crippen molar-refractivity contribution in [3.63, 3.8) is 0 Å². The molecule has 170 valence electrons. The Kier molecular flexibility index (Phi) is 6.95. The van der Waals surface area contributed by atoms with Crippen molar-refractivity contribution < 1.29 is 22.8 Å². The van der Waals surface area contributed by atoms with Crippen molar-refractivity contribution in [1.29, 1.82) is 0 Å². The third-order valence-corrected chi connectivity index (χ3v) is 6.20. The fourth-order valence-electron chi connectivity index (χ4n) is 3.44. The largest absolute Gasteiger partial charge is 0.348 e. The van der Waals surface area contributed by atoms with Gasteiger partial charge in [-0.3, -0.25) is 14.4 Å². The van der Waals surface area contributed by atoms with E-state index >= 15 is 0 Å². The number of amides is 3. The molecule has 0 aromatic heterocycles. The number of primary sulfonamides is 1. The van der Waals surface area contributed by atoms with Gasteiger partial charge in [-0.15, -0.1) is 0 Å². The van der Waals surface area contributed by atoms with E-state index in [4.69, 9.17) is 5.14 Å². The van der Waals surface area contributed by atoms with E-state index in [0.29, 0.717) is 17.8 Å². The van der Waals surface area contributed by atoms with Crippen LogP contribution < -0.4 is 15.8 Å². The Morgan fingerprint density at radius 1 is 1.09 bits per heavy atom. The molecule has 2 aromatic carbocycles. The van der Waals surface area contributed by atoms with Crippen LogP contribution in [0.5, 0.6) is 0 Å². The molecule has 1 fully saturated rings. The first-order valence-electron chi connectivity index (χ1n) is 10.1. The van der Waals surface area contributed by atoms with Crippen molar-refractivity contribution >= 4 is 33.4 Å². The Hall–Kier alpha value is -3.24. The smallest absolute Gasteiger partial charge is 0.251 e. The maximum Gasteiger partial charge on any atom is 0.251 e. The van der Waals surface area contributed by atoms with Crippen molar-refractivity contribution in [3.8, 4) is 0 Å². The number of hydrogen-bond acceptors (Lipinski definition) is 5. The molecule has 3 amide bonds. The normalized spacial score (nSPS) is 16.3. The van der Waals surface area contributed by atoms with E-state index in [1.54, 1.807) is 41.3 Å². The molecular formula is C22H26N4O5S. The zero-order valence-corrected chi connectivity index (χ0v) is 18.7. The van der Waals surface area contributed by atoms with Gasteiger partial charge in [0.2, 0.25) is 21.8 Å². The Morgan fingerprint density at radius 3 is 2.25 bits per heavy atom. The topological polar surface area (TPSA) is 139 Å². The summed E-state index contributed by atoms with van der Waals surface area (Å²) in [4.78, 5) is 38.5. The van der Waals surface area contributed by atoms with Crippen LogP contribution in [0.3, 0.4) is 0 Å². The number of anilines is 1. The molecule has 1 unspecified atom stereocenters. The monoisotopic (exact) mass is 458 g/mol. The van der Waals surface area contributed by atoms with Gasteiger partial charge in [0.15, 0.2) is 0 Å². The highest BCUT2D eigenvalue weighted by molar-refractivity contribution is 7.89. The second-order valence-corrected chi connectivity index (χ2v) is 9.54. The SMILES string of the molecule is CC(C)N1CC(C(=O)Nc2ccc(C(=O)NCc3ccc(S(N)(=O)=O)cc3)cc2)CC1=O. The van der Waals surface area contributed by atoms with Gasteiger partial charge in [-0.05, 0) is 55.8 Å². The minimum Gasteiger partial charge on any atom is -0.348 e. The van der Waals surface area contributed by atoms with Crippen molar-refractivity contribution in [2.45, 2.75) is 37.8 Å². The lowest BCUT2D eigenvalue weighted by atomic mass is 10.1. The van der Waals surface area contributed by atoms with Crippen LogP contribution in [0.15, 0.2) is 53.4 Å². The summed E-state index contributed by atoms with van der Waals surface area (Å²) in [5, 5.41) is 10.6. The van der Waals surface area contributed by atoms with Crippen LogP contribution in [0.4, 0.5) is 5.69 Å². The van der Waals surface area contributed by atoms with E-state index in [1.807, 2.05) is 13.8 Å². The number of nitrogens with two attached hydrogens (primary N) is 1. The van der Waals surface area contributed by atoms with Gasteiger partial charge in [-0.2, -0.15) is 0 Å². The summed E-state index contributed by atoms with van der Waals surface area (Å²) in [6.45, 7) is 4.45. The van der Waals surface area contributed by atoms with Crippen molar-refractivity contribution in [2.75, 3.05) is 11.9 Å². The molecule has 1 saturated heterocycles. The Balaban J connectivity index is 1.53. The van der Waals surface area contributed by atoms with Gasteiger partial charge in [-0.25, -0.2) is 13.6 Å². The van der Waals surface area contributed by atoms with Crippen molar-refractivity contribution in [3.05, 3.63) is 59.7 Å². The Morgan fingerprint density at radius 2 is 1.72 bits per heavy atom. The molecular weight excluding hydrogens is 432 g/mol. The van der Waals surface area contributed by atoms with Crippen LogP contribution in [-0.2, 0) is 26.2 Å². The molecule has 1 atom stereocenters. The number of hydrogen-bond donors (Lipinski definition) is 3. The minimum atomic E-state index is -3.76. The fraction of sp³-hybridized carbons (Fsp3) is 0.318. The van der Waals surface area contributed by atoms with Crippen LogP contribution in [0.25, 0.3) is 0 Å². The summed E-state index contributed by atoms with van der Waals surface area (Å²) in [5.41, 5.74) is 1.67. The lowest BCUT2D eigenvalue weighted by Gasteiger charge is -2.20. The van der Waals surface area contributed by atoms with E-state index in [-0.39, 0.29) is 41.6 Å². The van der Waals surface area contributed by atoms with Gasteiger partial charge in [0.05, 0.1) is 10.8 Å². The summed E-state index contributed by atoms with van der Waals surface area (Å²) in [5.74, 6) is -0.950. The molecule has 10 heteroatoms. The lowest BCUT2D eigenvalue weighted by molar-refractivity contribution is -0.129. The third kappa shape index (κ3) is 5.71. The first-order chi connectivity index (χ1) is 15.0. The van der Waals surface area contributed by atoms with Gasteiger partial charge in [0.1, 0.15) is 0 Å². The van der Waals surface area contributed by atoms with Crippen molar-refractivity contribution in [2.24, 2.45) is 11.1 Å². The maximum absolute atomic E-state index is 12.5. The summed E-state index contributed by atoms with van der Waals surface area (Å²) in [6, 6.07) is 12.4. The zero-order chi connectivity index (χ0) is 23.5. The summed E-state index contributed by atoms with van der Waals surface area (Å²) < 4.78 is 22.6. The molecule has 9 nitrogen and oxygen atoms in total. The van der Waals surface area contributed by atoms with Crippen LogP contribution in [0.1, 0.15) is 36.2 Å². The van der Waals surface area contributed by atoms with Crippen LogP contribution in [-0.4, -0.2) is 43.6 Å². The van der Waals surface area contributed by atoms with E-state index in [9.17, 15) is 22.8 Å². The van der Waals surface area contributed by atoms with Gasteiger partial charge in [0.25, 0.3) is 5.91 Å². The molecule has 0 saturated carbocycles. The highest BCUT2D eigenvalue weighted by Gasteiger charge is 2.35. The summed E-state index contributed by atoms with van der Waals surface area (Å²) in [7, 11) is -3.76. The zero-order valence-electron chi connectivity index (χ0n) is 17.9. The number of benzene rings is 2. The number of nitrogens with zero attached hydrogens (tertiary/aromatic N) is 1. The highest BCUT2D eigenvalue weighted by atomic mass is 32.2. The molecule has 3 rings (SSSR count). The molecule has 0 bridgehead atoms. The van der Waals surface area contributed by atoms with E-state index in [1.165, 1.54) is 12.1 Å². The number of nitrogens with one attached hydrogen (secondary N) is 2. The van der Waals surface area contributed by atoms with Gasteiger partial charge >= 0.3 is 0 Å². The number of rotatable bonds is 7. The van der Waals surface area contributed by atoms with E-state index < -0.39 is 15.9 Å². The molecule has 1 aliphatic rings. The summed E-state index contributed by atoms with van der Waals surface area (Å²) in [6.07, 6.45) is 0.197. The van der Waals surface area contributed by atoms with Crippen LogP contribution in [0, 0.1) is 5.92 Å². The van der Waals surface area contributed by atoms with Gasteiger partial charge < -0.3 is 15.5 Å². The fourth-order valence-corrected chi connectivity index (χ4v) is 3.95. The van der Waals surface area contributed by atoms with Gasteiger partial charge in [0, 0.05) is 36.8 Å². The molecule has 1 heterocycles. The lowest BCUT2D eigenvalue weighted by Crippen LogP contribution is -2.33. The summed E-state index contributed by atoms with van der Waals surface area (Å²) >= 11 is 0. The Bertz CT molecular complexity index is 1110. The molecule has 1 aliphatic heterocycles. The number of likely N-dealkylation sites (tertiary alicyclic amines) is 1. The quantitative estimate of drug-likeness (QED) is 0.576. The van der Waals surface area contributed by atoms with Crippen LogP contribution >= 0.6 is 0 Å². The highest BCUT2D eigenvalue weighted by Crippen LogP contribution is 2.22. The predicted molar refractivity (Wildman–Crippen MR) is 119 cm³/mol. The molecule has 32 heavy (non-hydrogen) atoms. The second kappa shape index (κ2) is 9.49.